The molecule has 170 valence electrons. The van der Waals surface area contributed by atoms with Crippen molar-refractivity contribution in [2.75, 3.05) is 11.9 Å². The van der Waals surface area contributed by atoms with Gasteiger partial charge in [0.15, 0.2) is 18.0 Å². The molecule has 33 heavy (non-hydrogen) atoms. The van der Waals surface area contributed by atoms with E-state index in [1.807, 2.05) is 0 Å². The van der Waals surface area contributed by atoms with E-state index in [4.69, 9.17) is 9.15 Å². The second-order valence-corrected chi connectivity index (χ2v) is 6.87. The second kappa shape index (κ2) is 8.37. The summed E-state index contributed by atoms with van der Waals surface area (Å²) in [5.74, 6) is -2.90. The maximum Gasteiger partial charge on any atom is 0.416 e. The second-order valence-electron chi connectivity index (χ2n) is 6.87. The number of aromatic nitrogens is 3. The van der Waals surface area contributed by atoms with Crippen molar-refractivity contribution in [3.63, 3.8) is 0 Å². The molecule has 0 radical (unpaired) electrons. The van der Waals surface area contributed by atoms with Gasteiger partial charge in [0.25, 0.3) is 5.91 Å². The molecule has 0 unspecified atom stereocenters. The molecule has 0 fully saturated rings. The Balaban J connectivity index is 1.52. The molecule has 4 rings (SSSR count). The van der Waals surface area contributed by atoms with Crippen LogP contribution in [0.3, 0.4) is 0 Å². The van der Waals surface area contributed by atoms with Gasteiger partial charge in [-0.05, 0) is 31.2 Å². The van der Waals surface area contributed by atoms with Gasteiger partial charge in [0, 0.05) is 10.9 Å². The molecule has 0 aliphatic heterocycles. The predicted molar refractivity (Wildman–Crippen MR) is 106 cm³/mol. The van der Waals surface area contributed by atoms with Crippen molar-refractivity contribution in [3.05, 3.63) is 71.8 Å². The van der Waals surface area contributed by atoms with Crippen molar-refractivity contribution in [3.8, 4) is 5.69 Å². The normalized spacial score (nSPS) is 11.5. The molecule has 0 atom stereocenters. The van der Waals surface area contributed by atoms with Crippen LogP contribution in [0.25, 0.3) is 16.7 Å². The number of alkyl halides is 3. The minimum absolute atomic E-state index is 0.115. The van der Waals surface area contributed by atoms with Gasteiger partial charge in [-0.15, -0.1) is 0 Å². The molecular formula is C21H14F4N4O4. The number of carbonyl (C=O) groups excluding carboxylic acids is 2. The van der Waals surface area contributed by atoms with E-state index in [9.17, 15) is 27.2 Å². The fraction of sp³-hybridized carbons (Fsp3) is 0.143. The van der Waals surface area contributed by atoms with E-state index in [1.165, 1.54) is 25.6 Å². The van der Waals surface area contributed by atoms with Crippen molar-refractivity contribution in [2.24, 2.45) is 0 Å². The minimum Gasteiger partial charge on any atom is -0.450 e. The van der Waals surface area contributed by atoms with E-state index >= 15 is 0 Å². The lowest BCUT2D eigenvalue weighted by atomic mass is 10.1. The first kappa shape index (κ1) is 22.0. The van der Waals surface area contributed by atoms with Crippen LogP contribution in [-0.4, -0.2) is 33.2 Å². The molecule has 2 heterocycles. The largest absolute Gasteiger partial charge is 0.450 e. The van der Waals surface area contributed by atoms with E-state index < -0.39 is 36.0 Å². The summed E-state index contributed by atoms with van der Waals surface area (Å²) in [7, 11) is 0. The lowest BCUT2D eigenvalue weighted by Gasteiger charge is -2.14. The number of aryl methyl sites for hydroxylation is 1. The van der Waals surface area contributed by atoms with E-state index in [0.717, 1.165) is 28.9 Å². The number of carbonyl (C=O) groups is 2. The Labute approximate surface area is 182 Å². The van der Waals surface area contributed by atoms with Crippen LogP contribution in [0.4, 0.5) is 23.2 Å². The van der Waals surface area contributed by atoms with Crippen LogP contribution < -0.4 is 5.32 Å². The Bertz CT molecular complexity index is 1350. The summed E-state index contributed by atoms with van der Waals surface area (Å²) >= 11 is 0. The van der Waals surface area contributed by atoms with Crippen LogP contribution >= 0.6 is 0 Å². The van der Waals surface area contributed by atoms with Gasteiger partial charge in [0.1, 0.15) is 12.7 Å². The molecule has 8 nitrogen and oxygen atoms in total. The number of esters is 1. The van der Waals surface area contributed by atoms with Crippen LogP contribution in [0.1, 0.15) is 21.7 Å². The number of fused-ring (bicyclic) bond motifs is 1. The van der Waals surface area contributed by atoms with Crippen molar-refractivity contribution in [1.29, 1.82) is 0 Å². The maximum atomic E-state index is 13.9. The van der Waals surface area contributed by atoms with Gasteiger partial charge < -0.3 is 14.5 Å². The first-order chi connectivity index (χ1) is 15.6. The van der Waals surface area contributed by atoms with Crippen LogP contribution in [0.5, 0.6) is 0 Å². The fourth-order valence-corrected chi connectivity index (χ4v) is 3.13. The molecule has 0 spiro atoms. The quantitative estimate of drug-likeness (QED) is 0.351. The highest BCUT2D eigenvalue weighted by molar-refractivity contribution is 5.99. The summed E-state index contributed by atoms with van der Waals surface area (Å²) in [5, 5.41) is 6.48. The third kappa shape index (κ3) is 4.40. The van der Waals surface area contributed by atoms with Crippen LogP contribution in [-0.2, 0) is 15.7 Å². The number of hydrogen-bond donors (Lipinski definition) is 1. The average Bonchev–Trinajstić information content (AvgIpc) is 3.41. The SMILES string of the molecule is Cc1c(C(=O)OCC(=O)Nc2cc(C(F)(F)F)ccc2-n2cncn2)oc2c(F)cccc12. The monoisotopic (exact) mass is 462 g/mol. The number of nitrogens with one attached hydrogen (secondary N) is 1. The number of amides is 1. The molecule has 0 aliphatic rings. The lowest BCUT2D eigenvalue weighted by molar-refractivity contribution is -0.137. The first-order valence-electron chi connectivity index (χ1n) is 9.36. The molecule has 1 amide bonds. The van der Waals surface area contributed by atoms with Crippen LogP contribution in [0.2, 0.25) is 0 Å². The number of furan rings is 1. The molecule has 4 aromatic rings. The average molecular weight is 462 g/mol. The van der Waals surface area contributed by atoms with Crippen molar-refractivity contribution >= 4 is 28.5 Å². The van der Waals surface area contributed by atoms with Crippen LogP contribution in [0, 0.1) is 12.7 Å². The highest BCUT2D eigenvalue weighted by Gasteiger charge is 2.31. The van der Waals surface area contributed by atoms with Gasteiger partial charge in [-0.2, -0.15) is 18.3 Å². The van der Waals surface area contributed by atoms with Gasteiger partial charge in [-0.1, -0.05) is 12.1 Å². The van der Waals surface area contributed by atoms with E-state index in [0.29, 0.717) is 10.9 Å². The first-order valence-corrected chi connectivity index (χ1v) is 9.36. The van der Waals surface area contributed by atoms with E-state index in [-0.39, 0.29) is 22.7 Å². The van der Waals surface area contributed by atoms with Gasteiger partial charge in [0.05, 0.1) is 16.9 Å². The zero-order chi connectivity index (χ0) is 23.8. The molecule has 0 saturated heterocycles. The van der Waals surface area contributed by atoms with Gasteiger partial charge >= 0.3 is 12.1 Å². The van der Waals surface area contributed by atoms with E-state index in [2.05, 4.69) is 15.4 Å². The third-order valence-electron chi connectivity index (χ3n) is 4.70. The van der Waals surface area contributed by atoms with Gasteiger partial charge in [-0.3, -0.25) is 4.79 Å². The number of halogens is 4. The summed E-state index contributed by atoms with van der Waals surface area (Å²) in [6.07, 6.45) is -2.24. The number of benzene rings is 2. The van der Waals surface area contributed by atoms with Gasteiger partial charge in [0.2, 0.25) is 5.76 Å². The molecule has 2 aromatic carbocycles. The molecule has 1 N–H and O–H groups in total. The Morgan fingerprint density at radius 1 is 1.21 bits per heavy atom. The maximum absolute atomic E-state index is 13.9. The summed E-state index contributed by atoms with van der Waals surface area (Å²) in [6.45, 7) is 0.694. The number of nitrogens with zero attached hydrogens (tertiary/aromatic N) is 3. The Morgan fingerprint density at radius 2 is 2.00 bits per heavy atom. The van der Waals surface area contributed by atoms with Crippen LogP contribution in [0.15, 0.2) is 53.5 Å². The predicted octanol–water partition coefficient (Wildman–Crippen LogP) is 4.28. The summed E-state index contributed by atoms with van der Waals surface area (Å²) in [4.78, 5) is 28.4. The van der Waals surface area contributed by atoms with Gasteiger partial charge in [-0.25, -0.2) is 18.9 Å². The fourth-order valence-electron chi connectivity index (χ4n) is 3.13. The molecular weight excluding hydrogens is 448 g/mol. The number of rotatable bonds is 5. The van der Waals surface area contributed by atoms with Crippen molar-refractivity contribution < 1.29 is 36.3 Å². The third-order valence-corrected chi connectivity index (χ3v) is 4.70. The summed E-state index contributed by atoms with van der Waals surface area (Å²) in [6, 6.07) is 6.84. The minimum atomic E-state index is -4.65. The van der Waals surface area contributed by atoms with Crippen molar-refractivity contribution in [1.82, 2.24) is 14.8 Å². The Kier molecular flexibility index (Phi) is 5.58. The molecule has 0 saturated carbocycles. The Hall–Kier alpha value is -4.22. The van der Waals surface area contributed by atoms with Crippen molar-refractivity contribution in [2.45, 2.75) is 13.1 Å². The highest BCUT2D eigenvalue weighted by Crippen LogP contribution is 2.33. The number of hydrogen-bond acceptors (Lipinski definition) is 6. The topological polar surface area (TPSA) is 99.2 Å². The number of ether oxygens (including phenoxy) is 1. The number of para-hydroxylation sites is 1. The molecule has 0 aliphatic carbocycles. The zero-order valence-electron chi connectivity index (χ0n) is 16.8. The molecule has 0 bridgehead atoms. The molecule has 2 aromatic heterocycles. The summed E-state index contributed by atoms with van der Waals surface area (Å²) < 4.78 is 64.5. The Morgan fingerprint density at radius 3 is 2.67 bits per heavy atom. The van der Waals surface area contributed by atoms with E-state index in [1.54, 1.807) is 6.07 Å². The number of anilines is 1. The highest BCUT2D eigenvalue weighted by atomic mass is 19.4. The molecule has 12 heteroatoms. The standard InChI is InChI=1S/C21H14F4N4O4/c1-11-13-3-2-4-14(22)19(13)33-18(11)20(31)32-8-17(30)28-15-7-12(21(23,24)25)5-6-16(15)29-10-26-9-27-29/h2-7,9-10H,8H2,1H3,(H,28,30). The lowest BCUT2D eigenvalue weighted by Crippen LogP contribution is -2.22. The zero-order valence-corrected chi connectivity index (χ0v) is 16.8. The smallest absolute Gasteiger partial charge is 0.416 e. The summed E-state index contributed by atoms with van der Waals surface area (Å²) in [5.41, 5.74) is -0.921.